The first-order valence-corrected chi connectivity index (χ1v) is 12.3. The van der Waals surface area contributed by atoms with E-state index in [0.717, 1.165) is 31.5 Å². The van der Waals surface area contributed by atoms with Crippen LogP contribution in [0.1, 0.15) is 103 Å². The number of aliphatic carboxylic acids is 1. The predicted molar refractivity (Wildman–Crippen MR) is 127 cm³/mol. The van der Waals surface area contributed by atoms with Crippen molar-refractivity contribution < 1.29 is 14.4 Å². The molecule has 1 atom stereocenters. The highest BCUT2D eigenvalue weighted by Gasteiger charge is 2.36. The van der Waals surface area contributed by atoms with Crippen molar-refractivity contribution in [3.05, 3.63) is 24.6 Å². The number of nitrogens with zero attached hydrogens (tertiary/aromatic N) is 2. The molecule has 1 aliphatic heterocycles. The first-order valence-electron chi connectivity index (χ1n) is 12.3. The maximum Gasteiger partial charge on any atom is 0.360 e. The Labute approximate surface area is 184 Å². The molecule has 3 N–H and O–H groups in total. The zero-order chi connectivity index (χ0) is 21.9. The third kappa shape index (κ3) is 11.7. The zero-order valence-corrected chi connectivity index (χ0v) is 19.4. The molecule has 0 saturated carbocycles. The average molecular weight is 421 g/mol. The lowest BCUT2D eigenvalue weighted by atomic mass is 10.1. The van der Waals surface area contributed by atoms with E-state index in [9.17, 15) is 9.90 Å². The molecular weight excluding hydrogens is 374 g/mol. The number of rotatable bonds is 20. The number of carboxylic acid groups (broad SMARTS) is 1. The first-order chi connectivity index (χ1) is 14.6. The van der Waals surface area contributed by atoms with Gasteiger partial charge in [-0.25, -0.2) is 14.3 Å². The lowest BCUT2D eigenvalue weighted by Crippen LogP contribution is -2.52. The minimum absolute atomic E-state index is 0.0358. The molecule has 0 bridgehead atoms. The quantitative estimate of drug-likeness (QED) is 0.141. The number of carbonyl (C=O) groups is 1. The van der Waals surface area contributed by atoms with E-state index in [4.69, 9.17) is 5.73 Å². The normalized spacial score (nSPS) is 18.4. The Balaban J connectivity index is 2.02. The molecule has 5 heteroatoms. The maximum atomic E-state index is 11.3. The second-order valence-electron chi connectivity index (χ2n) is 8.63. The number of unbranched alkanes of at least 4 members (excludes halogenated alkanes) is 12. The van der Waals surface area contributed by atoms with Crippen molar-refractivity contribution in [1.29, 1.82) is 0 Å². The van der Waals surface area contributed by atoms with Crippen LogP contribution in [-0.4, -0.2) is 41.0 Å². The molecule has 0 saturated heterocycles. The molecule has 1 rings (SSSR count). The summed E-state index contributed by atoms with van der Waals surface area (Å²) in [6, 6.07) is 0. The Morgan fingerprint density at radius 3 is 2.10 bits per heavy atom. The summed E-state index contributed by atoms with van der Waals surface area (Å²) in [5.74, 6) is 0.142. The van der Waals surface area contributed by atoms with Crippen molar-refractivity contribution in [1.82, 2.24) is 0 Å². The van der Waals surface area contributed by atoms with Gasteiger partial charge in [-0.3, -0.25) is 0 Å². The Morgan fingerprint density at radius 2 is 1.53 bits per heavy atom. The van der Waals surface area contributed by atoms with Gasteiger partial charge in [0.1, 0.15) is 12.7 Å². The summed E-state index contributed by atoms with van der Waals surface area (Å²) in [5, 5.41) is 9.24. The maximum absolute atomic E-state index is 11.3. The number of hydrogen-bond acceptors (Lipinski definition) is 3. The van der Waals surface area contributed by atoms with Gasteiger partial charge in [-0.05, 0) is 32.1 Å². The van der Waals surface area contributed by atoms with Crippen LogP contribution in [0.2, 0.25) is 0 Å². The van der Waals surface area contributed by atoms with Crippen LogP contribution in [-0.2, 0) is 4.79 Å². The summed E-state index contributed by atoms with van der Waals surface area (Å²) in [5.41, 5.74) is 5.72. The van der Waals surface area contributed by atoms with Crippen molar-refractivity contribution in [2.75, 3.05) is 19.6 Å². The monoisotopic (exact) mass is 420 g/mol. The van der Waals surface area contributed by atoms with Crippen LogP contribution in [0.25, 0.3) is 0 Å². The third-order valence-electron chi connectivity index (χ3n) is 5.95. The van der Waals surface area contributed by atoms with Gasteiger partial charge in [-0.15, -0.1) is 0 Å². The van der Waals surface area contributed by atoms with Gasteiger partial charge in [-0.2, -0.15) is 0 Å². The second-order valence-corrected chi connectivity index (χ2v) is 8.63. The fourth-order valence-corrected chi connectivity index (χ4v) is 4.16. The van der Waals surface area contributed by atoms with E-state index in [2.05, 4.69) is 24.1 Å². The number of nitrogens with two attached hydrogens (primary N) is 1. The summed E-state index contributed by atoms with van der Waals surface area (Å²) < 4.78 is 0.296. The minimum Gasteiger partial charge on any atom is -0.477 e. The number of allylic oxidation sites excluding steroid dienone is 2. The number of quaternary nitrogens is 1. The van der Waals surface area contributed by atoms with E-state index in [1.807, 2.05) is 6.20 Å². The second kappa shape index (κ2) is 17.2. The van der Waals surface area contributed by atoms with Gasteiger partial charge in [0.25, 0.3) is 0 Å². The molecule has 5 nitrogen and oxygen atoms in total. The molecule has 0 aromatic carbocycles. The van der Waals surface area contributed by atoms with Gasteiger partial charge in [0, 0.05) is 13.0 Å². The number of hydrogen-bond donors (Lipinski definition) is 2. The van der Waals surface area contributed by atoms with Crippen molar-refractivity contribution in [2.24, 2.45) is 10.7 Å². The molecule has 0 aliphatic carbocycles. The van der Waals surface area contributed by atoms with Gasteiger partial charge < -0.3 is 10.8 Å². The molecule has 0 amide bonds. The van der Waals surface area contributed by atoms with E-state index < -0.39 is 5.97 Å². The molecule has 0 fully saturated rings. The average Bonchev–Trinajstić information content (AvgIpc) is 3.09. The van der Waals surface area contributed by atoms with Crippen molar-refractivity contribution >= 4 is 11.8 Å². The van der Waals surface area contributed by atoms with E-state index in [1.165, 1.54) is 70.6 Å². The van der Waals surface area contributed by atoms with Crippen molar-refractivity contribution in [3.8, 4) is 0 Å². The molecule has 172 valence electrons. The predicted octanol–water partition coefficient (Wildman–Crippen LogP) is 6.16. The van der Waals surface area contributed by atoms with Crippen LogP contribution in [0.5, 0.6) is 0 Å². The molecule has 0 spiro atoms. The van der Waals surface area contributed by atoms with Gasteiger partial charge in [0.2, 0.25) is 5.84 Å². The number of amidine groups is 1. The Bertz CT molecular complexity index is 543. The van der Waals surface area contributed by atoms with E-state index in [1.54, 1.807) is 6.20 Å². The highest BCUT2D eigenvalue weighted by molar-refractivity contribution is 5.81. The lowest BCUT2D eigenvalue weighted by Gasteiger charge is -2.30. The highest BCUT2D eigenvalue weighted by atomic mass is 16.4. The topological polar surface area (TPSA) is 75.7 Å². The van der Waals surface area contributed by atoms with Gasteiger partial charge in [0.15, 0.2) is 6.54 Å². The molecule has 1 unspecified atom stereocenters. The summed E-state index contributed by atoms with van der Waals surface area (Å²) >= 11 is 0. The van der Waals surface area contributed by atoms with Crippen LogP contribution >= 0.6 is 0 Å². The van der Waals surface area contributed by atoms with Crippen LogP contribution in [0.3, 0.4) is 0 Å². The third-order valence-corrected chi connectivity index (χ3v) is 5.95. The molecule has 1 aliphatic rings. The molecule has 0 aromatic rings. The van der Waals surface area contributed by atoms with Crippen molar-refractivity contribution in [3.63, 3.8) is 0 Å². The van der Waals surface area contributed by atoms with Gasteiger partial charge in [-0.1, -0.05) is 76.9 Å². The van der Waals surface area contributed by atoms with Crippen molar-refractivity contribution in [2.45, 2.75) is 103 Å². The zero-order valence-electron chi connectivity index (χ0n) is 19.4. The number of carboxylic acids is 1. The molecule has 1 heterocycles. The molecule has 0 aromatic heterocycles. The molecule has 30 heavy (non-hydrogen) atoms. The summed E-state index contributed by atoms with van der Waals surface area (Å²) in [7, 11) is 0. The summed E-state index contributed by atoms with van der Waals surface area (Å²) in [4.78, 5) is 15.7. The van der Waals surface area contributed by atoms with Gasteiger partial charge in [0.05, 0.1) is 6.20 Å². The van der Waals surface area contributed by atoms with Crippen LogP contribution < -0.4 is 5.73 Å². The summed E-state index contributed by atoms with van der Waals surface area (Å²) in [6.07, 6.45) is 27.4. The molecule has 0 radical (unpaired) electrons. The number of aliphatic imine (C=N–C) groups is 1. The standard InChI is InChI=1S/C25H45N3O2/c1-2-3-4-5-6-7-8-9-10-11-12-13-14-15-16-17-18-24-27-20-22-28(24,21-19-26)23-25(29)30/h12-13,20,22H,2-11,14-19,21,23,26H2,1H3/p+1/b13-12+. The Hall–Kier alpha value is -1.46. The van der Waals surface area contributed by atoms with E-state index in [-0.39, 0.29) is 6.54 Å². The fourth-order valence-electron chi connectivity index (χ4n) is 4.16. The summed E-state index contributed by atoms with van der Waals surface area (Å²) in [6.45, 7) is 3.37. The SMILES string of the molecule is CCCCCCCCCCC/C=C/CCCCCC1=NC=C[N+]1(CCN)CC(=O)O. The van der Waals surface area contributed by atoms with Crippen LogP contribution in [0.4, 0.5) is 0 Å². The minimum atomic E-state index is -0.806. The van der Waals surface area contributed by atoms with Crippen LogP contribution in [0.15, 0.2) is 29.5 Å². The largest absolute Gasteiger partial charge is 0.477 e. The first kappa shape index (κ1) is 26.6. The van der Waals surface area contributed by atoms with E-state index >= 15 is 0 Å². The fraction of sp³-hybridized carbons (Fsp3) is 0.760. The Kier molecular flexibility index (Phi) is 15.3. The highest BCUT2D eigenvalue weighted by Crippen LogP contribution is 2.21. The van der Waals surface area contributed by atoms with Crippen LogP contribution in [0, 0.1) is 0 Å². The molecular formula is C25H46N3O2+. The van der Waals surface area contributed by atoms with E-state index in [0.29, 0.717) is 17.6 Å². The lowest BCUT2D eigenvalue weighted by molar-refractivity contribution is -0.778. The van der Waals surface area contributed by atoms with Gasteiger partial charge >= 0.3 is 5.97 Å². The smallest absolute Gasteiger partial charge is 0.360 e. The Morgan fingerprint density at radius 1 is 0.967 bits per heavy atom.